The van der Waals surface area contributed by atoms with Gasteiger partial charge in [0.05, 0.1) is 9.79 Å². The number of hydrogen-bond donors (Lipinski definition) is 4. The molecule has 0 heterocycles. The molecule has 28 heavy (non-hydrogen) atoms. The summed E-state index contributed by atoms with van der Waals surface area (Å²) >= 11 is 0. The molecule has 0 amide bonds. The van der Waals surface area contributed by atoms with Crippen molar-refractivity contribution in [1.29, 1.82) is 0 Å². The van der Waals surface area contributed by atoms with Crippen LogP contribution in [-0.4, -0.2) is 49.4 Å². The largest absolute Gasteiger partial charge is 0.384 e. The molecule has 0 aliphatic heterocycles. The normalized spacial score (nSPS) is 10.4. The fourth-order valence-corrected chi connectivity index (χ4v) is 2.49. The molecule has 0 radical (unpaired) electrons. The first-order valence-corrected chi connectivity index (χ1v) is 10.6. The van der Waals surface area contributed by atoms with Crippen LogP contribution < -0.4 is 0 Å². The lowest BCUT2D eigenvalue weighted by molar-refractivity contribution is 0.342. The lowest BCUT2D eigenvalue weighted by Crippen LogP contribution is -1.96. The van der Waals surface area contributed by atoms with E-state index < -0.39 is 20.2 Å². The van der Waals surface area contributed by atoms with Gasteiger partial charge in [0.25, 0.3) is 20.2 Å². The first-order chi connectivity index (χ1) is 12.9. The molecule has 0 saturated carbocycles. The Morgan fingerprint density at radius 1 is 0.643 bits per heavy atom. The van der Waals surface area contributed by atoms with Gasteiger partial charge < -0.3 is 10.2 Å². The molecule has 0 aliphatic rings. The molecule has 0 spiro atoms. The predicted molar refractivity (Wildman–Crippen MR) is 104 cm³/mol. The van der Waals surface area contributed by atoms with Gasteiger partial charge in [-0.1, -0.05) is 47.2 Å². The molecule has 0 bridgehead atoms. The fraction of sp³-hybridized carbons (Fsp3) is 0.222. The van der Waals surface area contributed by atoms with Crippen LogP contribution in [0.1, 0.15) is 11.1 Å². The molecule has 0 aliphatic carbocycles. The Kier molecular flexibility index (Phi) is 11.3. The standard InChI is InChI=1S/2C7H8O3S.C4H6O2/c2*1-6-2-4-7(5-3-6)11(8,9)10;5-3-1-2-4-6/h2*2-5H,1H3,(H,8,9,10);5-6H,3-4H2. The van der Waals surface area contributed by atoms with E-state index in [1.165, 1.54) is 24.3 Å². The van der Waals surface area contributed by atoms with Gasteiger partial charge in [0.1, 0.15) is 13.2 Å². The summed E-state index contributed by atoms with van der Waals surface area (Å²) in [5.74, 6) is 4.51. The zero-order valence-electron chi connectivity index (χ0n) is 15.3. The van der Waals surface area contributed by atoms with E-state index >= 15 is 0 Å². The Hall–Kier alpha value is -2.26. The first kappa shape index (κ1) is 25.7. The van der Waals surface area contributed by atoms with Crippen LogP contribution in [0.5, 0.6) is 0 Å². The smallest absolute Gasteiger partial charge is 0.294 e. The molecule has 0 saturated heterocycles. The van der Waals surface area contributed by atoms with Crippen molar-refractivity contribution in [3.8, 4) is 11.8 Å². The second-order valence-electron chi connectivity index (χ2n) is 5.25. The molecule has 0 aromatic heterocycles. The van der Waals surface area contributed by atoms with Crippen molar-refractivity contribution in [3.05, 3.63) is 59.7 Å². The Morgan fingerprint density at radius 2 is 0.893 bits per heavy atom. The molecule has 4 N–H and O–H groups in total. The van der Waals surface area contributed by atoms with Crippen LogP contribution in [-0.2, 0) is 20.2 Å². The van der Waals surface area contributed by atoms with Gasteiger partial charge in [-0.05, 0) is 38.1 Å². The molecule has 2 aromatic rings. The van der Waals surface area contributed by atoms with Crippen LogP contribution in [0.4, 0.5) is 0 Å². The number of rotatable bonds is 2. The highest BCUT2D eigenvalue weighted by molar-refractivity contribution is 7.86. The zero-order valence-corrected chi connectivity index (χ0v) is 16.9. The highest BCUT2D eigenvalue weighted by Gasteiger charge is 2.07. The summed E-state index contributed by atoms with van der Waals surface area (Å²) in [4.78, 5) is -0.133. The molecule has 0 unspecified atom stereocenters. The van der Waals surface area contributed by atoms with Crippen molar-refractivity contribution in [2.24, 2.45) is 0 Å². The Balaban J connectivity index is 0.000000411. The third-order valence-electron chi connectivity index (χ3n) is 2.92. The maximum atomic E-state index is 10.5. The SMILES string of the molecule is Cc1ccc(S(=O)(=O)O)cc1.Cc1ccc(S(=O)(=O)O)cc1.OCC#CCO. The van der Waals surface area contributed by atoms with Gasteiger partial charge in [-0.3, -0.25) is 9.11 Å². The maximum Gasteiger partial charge on any atom is 0.294 e. The first-order valence-electron chi connectivity index (χ1n) is 7.67. The molecule has 10 heteroatoms. The predicted octanol–water partition coefficient (Wildman–Crippen LogP) is 1.46. The summed E-state index contributed by atoms with van der Waals surface area (Å²) in [6.45, 7) is 3.35. The molecule has 0 fully saturated rings. The van der Waals surface area contributed by atoms with E-state index in [4.69, 9.17) is 19.3 Å². The molecule has 8 nitrogen and oxygen atoms in total. The number of aliphatic hydroxyl groups is 2. The quantitative estimate of drug-likeness (QED) is 0.413. The molecule has 2 rings (SSSR count). The highest BCUT2D eigenvalue weighted by Crippen LogP contribution is 2.09. The van der Waals surface area contributed by atoms with Crippen molar-refractivity contribution >= 4 is 20.2 Å². The molecule has 2 aromatic carbocycles. The summed E-state index contributed by atoms with van der Waals surface area (Å²) in [6, 6.07) is 12.0. The summed E-state index contributed by atoms with van der Waals surface area (Å²) < 4.78 is 59.1. The van der Waals surface area contributed by atoms with Gasteiger partial charge >= 0.3 is 0 Å². The third kappa shape index (κ3) is 11.5. The minimum absolute atomic E-state index is 0.0666. The summed E-state index contributed by atoms with van der Waals surface area (Å²) in [6.07, 6.45) is 0. The number of aryl methyl sites for hydroxylation is 2. The Morgan fingerprint density at radius 3 is 1.07 bits per heavy atom. The van der Waals surface area contributed by atoms with E-state index in [2.05, 4.69) is 11.8 Å². The number of hydrogen-bond acceptors (Lipinski definition) is 6. The molecular weight excluding hydrogens is 408 g/mol. The zero-order chi connectivity index (χ0) is 21.8. The minimum Gasteiger partial charge on any atom is -0.384 e. The van der Waals surface area contributed by atoms with E-state index in [0.717, 1.165) is 11.1 Å². The van der Waals surface area contributed by atoms with Crippen molar-refractivity contribution in [2.75, 3.05) is 13.2 Å². The summed E-state index contributed by atoms with van der Waals surface area (Å²) in [5, 5.41) is 15.8. The van der Waals surface area contributed by atoms with Crippen LogP contribution in [0, 0.1) is 25.7 Å². The van der Waals surface area contributed by atoms with Crippen LogP contribution in [0.2, 0.25) is 0 Å². The number of aliphatic hydroxyl groups excluding tert-OH is 2. The average molecular weight is 431 g/mol. The maximum absolute atomic E-state index is 10.5. The van der Waals surface area contributed by atoms with E-state index in [9.17, 15) is 16.8 Å². The van der Waals surface area contributed by atoms with Crippen LogP contribution >= 0.6 is 0 Å². The molecule has 154 valence electrons. The monoisotopic (exact) mass is 430 g/mol. The lowest BCUT2D eigenvalue weighted by Gasteiger charge is -1.95. The van der Waals surface area contributed by atoms with E-state index in [1.807, 2.05) is 13.8 Å². The van der Waals surface area contributed by atoms with Crippen molar-refractivity contribution < 1.29 is 36.2 Å². The van der Waals surface area contributed by atoms with Gasteiger partial charge in [-0.2, -0.15) is 16.8 Å². The second-order valence-corrected chi connectivity index (χ2v) is 8.09. The third-order valence-corrected chi connectivity index (χ3v) is 4.66. The molecule has 0 atom stereocenters. The number of benzene rings is 2. The van der Waals surface area contributed by atoms with Gasteiger partial charge in [-0.25, -0.2) is 0 Å². The van der Waals surface area contributed by atoms with Gasteiger partial charge in [0, 0.05) is 0 Å². The topological polar surface area (TPSA) is 149 Å². The van der Waals surface area contributed by atoms with Gasteiger partial charge in [-0.15, -0.1) is 0 Å². The Bertz CT molecular complexity index is 901. The fourth-order valence-electron chi connectivity index (χ4n) is 1.53. The Labute approximate surface area is 165 Å². The lowest BCUT2D eigenvalue weighted by atomic mass is 10.2. The van der Waals surface area contributed by atoms with Crippen LogP contribution in [0.25, 0.3) is 0 Å². The van der Waals surface area contributed by atoms with Gasteiger partial charge in [0.2, 0.25) is 0 Å². The average Bonchev–Trinajstić information content (AvgIpc) is 2.60. The molecular formula is C18H22O8S2. The van der Waals surface area contributed by atoms with E-state index in [1.54, 1.807) is 24.3 Å². The van der Waals surface area contributed by atoms with Crippen molar-refractivity contribution in [2.45, 2.75) is 23.6 Å². The minimum atomic E-state index is -4.02. The van der Waals surface area contributed by atoms with Crippen LogP contribution in [0.15, 0.2) is 58.3 Å². The van der Waals surface area contributed by atoms with Crippen molar-refractivity contribution in [3.63, 3.8) is 0 Å². The summed E-state index contributed by atoms with van der Waals surface area (Å²) in [7, 11) is -8.04. The van der Waals surface area contributed by atoms with E-state index in [0.29, 0.717) is 0 Å². The van der Waals surface area contributed by atoms with Crippen LogP contribution in [0.3, 0.4) is 0 Å². The van der Waals surface area contributed by atoms with Crippen molar-refractivity contribution in [1.82, 2.24) is 0 Å². The van der Waals surface area contributed by atoms with E-state index in [-0.39, 0.29) is 23.0 Å². The van der Waals surface area contributed by atoms with Gasteiger partial charge in [0.15, 0.2) is 0 Å². The summed E-state index contributed by atoms with van der Waals surface area (Å²) in [5.41, 5.74) is 1.91. The second kappa shape index (κ2) is 12.2. The highest BCUT2D eigenvalue weighted by atomic mass is 32.2.